The first kappa shape index (κ1) is 30.3. The number of aliphatic hydroxyl groups excluding tert-OH is 1. The summed E-state index contributed by atoms with van der Waals surface area (Å²) in [5.41, 5.74) is 5.02. The van der Waals surface area contributed by atoms with Gasteiger partial charge in [0.15, 0.2) is 0 Å². The summed E-state index contributed by atoms with van der Waals surface area (Å²) >= 11 is 3.42. The summed E-state index contributed by atoms with van der Waals surface area (Å²) in [6.45, 7) is 16.5. The fraction of sp³-hybridized carbons (Fsp3) is 0.629. The van der Waals surface area contributed by atoms with Crippen LogP contribution in [0.1, 0.15) is 109 Å². The second-order valence-electron chi connectivity index (χ2n) is 14.1. The number of hydrogen-bond donors (Lipinski definition) is 2. The van der Waals surface area contributed by atoms with Gasteiger partial charge in [0.2, 0.25) is 0 Å². The van der Waals surface area contributed by atoms with Gasteiger partial charge in [0.05, 0.1) is 12.1 Å². The average Bonchev–Trinajstić information content (AvgIpc) is 3.22. The Morgan fingerprint density at radius 3 is 2.64 bits per heavy atom. The van der Waals surface area contributed by atoms with Crippen molar-refractivity contribution in [2.75, 3.05) is 0 Å². The van der Waals surface area contributed by atoms with Crippen LogP contribution in [-0.4, -0.2) is 23.2 Å². The molecule has 2 N–H and O–H groups in total. The first-order valence-corrected chi connectivity index (χ1v) is 16.0. The third kappa shape index (κ3) is 7.36. The molecule has 4 heteroatoms. The number of rotatable bonds is 7. The molecule has 4 rings (SSSR count). The van der Waals surface area contributed by atoms with Crippen molar-refractivity contribution in [3.05, 3.63) is 69.8 Å². The van der Waals surface area contributed by atoms with E-state index in [2.05, 4.69) is 74.6 Å². The Kier molecular flexibility index (Phi) is 9.69. The summed E-state index contributed by atoms with van der Waals surface area (Å²) in [4.78, 5) is 12.9. The van der Waals surface area contributed by atoms with Crippen LogP contribution in [0.2, 0.25) is 0 Å². The van der Waals surface area contributed by atoms with Crippen LogP contribution in [0.25, 0.3) is 0 Å². The van der Waals surface area contributed by atoms with Crippen LogP contribution in [0.4, 0.5) is 0 Å². The lowest BCUT2D eigenvalue weighted by molar-refractivity contribution is 0.0911. The molecule has 1 amide bonds. The lowest BCUT2D eigenvalue weighted by Gasteiger charge is -2.44. The van der Waals surface area contributed by atoms with Crippen LogP contribution < -0.4 is 5.32 Å². The minimum Gasteiger partial charge on any atom is -0.393 e. The average molecular weight is 597 g/mol. The van der Waals surface area contributed by atoms with E-state index in [-0.39, 0.29) is 11.9 Å². The van der Waals surface area contributed by atoms with Gasteiger partial charge in [0.25, 0.3) is 5.91 Å². The minimum atomic E-state index is -0.475. The Balaban J connectivity index is 1.44. The zero-order valence-electron chi connectivity index (χ0n) is 24.9. The van der Waals surface area contributed by atoms with E-state index in [0.29, 0.717) is 35.2 Å². The van der Waals surface area contributed by atoms with Crippen LogP contribution in [0.15, 0.2) is 64.2 Å². The third-order valence-corrected chi connectivity index (χ3v) is 10.5. The zero-order valence-corrected chi connectivity index (χ0v) is 26.4. The summed E-state index contributed by atoms with van der Waals surface area (Å²) in [7, 11) is 0. The lowest BCUT2D eigenvalue weighted by atomic mass is 9.60. The molecule has 0 saturated heterocycles. The van der Waals surface area contributed by atoms with Gasteiger partial charge in [-0.3, -0.25) is 4.79 Å². The molecule has 1 aromatic carbocycles. The highest BCUT2D eigenvalue weighted by Gasteiger charge is 2.50. The highest BCUT2D eigenvalue weighted by molar-refractivity contribution is 9.10. The van der Waals surface area contributed by atoms with E-state index in [1.165, 1.54) is 51.4 Å². The molecule has 3 aliphatic rings. The number of aliphatic hydroxyl groups is 1. The summed E-state index contributed by atoms with van der Waals surface area (Å²) in [6.07, 6.45) is 15.6. The quantitative estimate of drug-likeness (QED) is 0.330. The van der Waals surface area contributed by atoms with Crippen molar-refractivity contribution in [2.24, 2.45) is 28.6 Å². The van der Waals surface area contributed by atoms with E-state index < -0.39 is 6.10 Å². The van der Waals surface area contributed by atoms with Crippen molar-refractivity contribution in [2.45, 2.75) is 111 Å². The number of amides is 1. The molecule has 214 valence electrons. The predicted octanol–water partition coefficient (Wildman–Crippen LogP) is 9.18. The van der Waals surface area contributed by atoms with E-state index in [9.17, 15) is 9.90 Å². The van der Waals surface area contributed by atoms with Crippen molar-refractivity contribution in [3.8, 4) is 0 Å². The molecule has 0 aliphatic heterocycles. The number of allylic oxidation sites excluding steroid dienone is 3. The van der Waals surface area contributed by atoms with Gasteiger partial charge in [-0.25, -0.2) is 0 Å². The Labute approximate surface area is 245 Å². The molecule has 6 atom stereocenters. The molecule has 3 aliphatic carbocycles. The smallest absolute Gasteiger partial charge is 0.251 e. The molecule has 39 heavy (non-hydrogen) atoms. The maximum absolute atomic E-state index is 12.9. The van der Waals surface area contributed by atoms with Gasteiger partial charge >= 0.3 is 0 Å². The standard InChI is InChI=1S/C35H50BrNO2/c1-23(9-7-19-34(3,4)5)30-17-18-31-25(10-8-20-35(30,31)6)11-12-27-21-29(38)22-32(24(27)2)37-33(39)26-13-15-28(36)16-14-26/h11-16,23,29-32,38H,2,7-10,17-22H2,1,3-6H3,(H,37,39)/b25-11+,27-12-/t23-,29-,30-,31+,32+,35-/m1/s1. The van der Waals surface area contributed by atoms with Crippen molar-refractivity contribution in [3.63, 3.8) is 0 Å². The number of carbonyl (C=O) groups excluding carboxylic acids is 1. The zero-order chi connectivity index (χ0) is 28.4. The number of halogens is 1. The first-order chi connectivity index (χ1) is 18.4. The highest BCUT2D eigenvalue weighted by Crippen LogP contribution is 2.60. The molecule has 0 unspecified atom stereocenters. The fourth-order valence-electron chi connectivity index (χ4n) is 7.85. The fourth-order valence-corrected chi connectivity index (χ4v) is 8.11. The van der Waals surface area contributed by atoms with Crippen LogP contribution >= 0.6 is 15.9 Å². The summed E-state index contributed by atoms with van der Waals surface area (Å²) < 4.78 is 0.942. The molecule has 0 radical (unpaired) electrons. The Morgan fingerprint density at radius 2 is 1.95 bits per heavy atom. The number of nitrogens with one attached hydrogen (secondary N) is 1. The topological polar surface area (TPSA) is 49.3 Å². The molecule has 0 heterocycles. The molecule has 3 fully saturated rings. The first-order valence-electron chi connectivity index (χ1n) is 15.2. The highest BCUT2D eigenvalue weighted by atomic mass is 79.9. The minimum absolute atomic E-state index is 0.128. The molecule has 3 saturated carbocycles. The van der Waals surface area contributed by atoms with Crippen molar-refractivity contribution in [1.82, 2.24) is 5.32 Å². The SMILES string of the molecule is C=C1/C(=C\C=C2/CCC[C@]3(C)[C@@H]([C@H](C)CCCC(C)(C)C)CC[C@@H]23)C[C@@H](O)C[C@@H]1NC(=O)c1ccc(Br)cc1. The number of carbonyl (C=O) groups is 1. The predicted molar refractivity (Wildman–Crippen MR) is 167 cm³/mol. The van der Waals surface area contributed by atoms with E-state index in [4.69, 9.17) is 0 Å². The Morgan fingerprint density at radius 1 is 1.23 bits per heavy atom. The second-order valence-corrected chi connectivity index (χ2v) is 15.0. The lowest BCUT2D eigenvalue weighted by Crippen LogP contribution is -2.41. The maximum Gasteiger partial charge on any atom is 0.251 e. The van der Waals surface area contributed by atoms with Gasteiger partial charge in [-0.2, -0.15) is 0 Å². The van der Waals surface area contributed by atoms with Crippen molar-refractivity contribution in [1.29, 1.82) is 0 Å². The van der Waals surface area contributed by atoms with Crippen molar-refractivity contribution < 1.29 is 9.90 Å². The molecule has 1 aromatic rings. The Hall–Kier alpha value is -1.65. The van der Waals surface area contributed by atoms with Gasteiger partial charge in [0, 0.05) is 10.0 Å². The molecular weight excluding hydrogens is 546 g/mol. The van der Waals surface area contributed by atoms with Crippen LogP contribution in [0.3, 0.4) is 0 Å². The normalized spacial score (nSPS) is 32.3. The molecule has 3 nitrogen and oxygen atoms in total. The monoisotopic (exact) mass is 595 g/mol. The van der Waals surface area contributed by atoms with Gasteiger partial charge in [-0.05, 0) is 115 Å². The number of benzene rings is 1. The van der Waals surface area contributed by atoms with E-state index in [1.807, 2.05) is 24.3 Å². The summed E-state index contributed by atoms with van der Waals surface area (Å²) in [5, 5.41) is 13.8. The van der Waals surface area contributed by atoms with E-state index in [0.717, 1.165) is 27.5 Å². The molecular formula is C35H50BrNO2. The van der Waals surface area contributed by atoms with Gasteiger partial charge in [-0.15, -0.1) is 0 Å². The number of hydrogen-bond acceptors (Lipinski definition) is 2. The molecule has 0 aromatic heterocycles. The van der Waals surface area contributed by atoms with Crippen LogP contribution in [-0.2, 0) is 0 Å². The van der Waals surface area contributed by atoms with Crippen LogP contribution in [0, 0.1) is 28.6 Å². The second kappa shape index (κ2) is 12.5. The Bertz CT molecular complexity index is 1090. The molecule has 0 spiro atoms. The van der Waals surface area contributed by atoms with Gasteiger partial charge in [-0.1, -0.05) is 87.7 Å². The maximum atomic E-state index is 12.9. The molecule has 0 bridgehead atoms. The van der Waals surface area contributed by atoms with Crippen LogP contribution in [0.5, 0.6) is 0 Å². The number of fused-ring (bicyclic) bond motifs is 1. The van der Waals surface area contributed by atoms with E-state index >= 15 is 0 Å². The largest absolute Gasteiger partial charge is 0.393 e. The summed E-state index contributed by atoms with van der Waals surface area (Å²) in [6, 6.07) is 7.10. The van der Waals surface area contributed by atoms with Gasteiger partial charge < -0.3 is 10.4 Å². The van der Waals surface area contributed by atoms with Gasteiger partial charge in [0.1, 0.15) is 0 Å². The summed E-state index contributed by atoms with van der Waals surface area (Å²) in [5.74, 6) is 2.12. The van der Waals surface area contributed by atoms with Crippen molar-refractivity contribution >= 4 is 21.8 Å². The third-order valence-electron chi connectivity index (χ3n) is 10.0. The van der Waals surface area contributed by atoms with E-state index in [1.54, 1.807) is 5.57 Å².